The molecule has 1 aliphatic rings. The third kappa shape index (κ3) is 9.42. The molecular formula is C25H26ClN2NaO6S4. The molecule has 0 radical (unpaired) electrons. The Morgan fingerprint density at radius 2 is 1.85 bits per heavy atom. The van der Waals surface area contributed by atoms with Crippen LogP contribution in [0.2, 0.25) is 5.02 Å². The van der Waals surface area contributed by atoms with Crippen LogP contribution in [-0.2, 0) is 26.8 Å². The first-order valence-electron chi connectivity index (χ1n) is 11.4. The van der Waals surface area contributed by atoms with E-state index in [1.54, 1.807) is 18.2 Å². The van der Waals surface area contributed by atoms with Gasteiger partial charge in [-0.15, -0.1) is 24.5 Å². The largest absolute Gasteiger partial charge is 1.00 e. The monoisotopic (exact) mass is 636 g/mol. The van der Waals surface area contributed by atoms with Gasteiger partial charge in [-0.25, -0.2) is 16.8 Å². The van der Waals surface area contributed by atoms with Crippen LogP contribution in [-0.4, -0.2) is 37.6 Å². The maximum atomic E-state index is 11.6. The fourth-order valence-electron chi connectivity index (χ4n) is 3.88. The second-order valence-electron chi connectivity index (χ2n) is 8.13. The first-order chi connectivity index (χ1) is 17.9. The molecule has 4 rings (SSSR count). The molecule has 0 fully saturated rings. The molecular weight excluding hydrogens is 611 g/mol. The third-order valence-electron chi connectivity index (χ3n) is 5.53. The fraction of sp³-hybridized carbons (Fsp3) is 0.240. The molecule has 3 heterocycles. The van der Waals surface area contributed by atoms with E-state index in [1.807, 2.05) is 46.7 Å². The molecule has 0 aliphatic carbocycles. The summed E-state index contributed by atoms with van der Waals surface area (Å²) >= 11 is 9.01. The van der Waals surface area contributed by atoms with Gasteiger partial charge in [-0.2, -0.15) is 4.57 Å². The van der Waals surface area contributed by atoms with Gasteiger partial charge >= 0.3 is 29.6 Å². The Kier molecular flexibility index (Phi) is 12.8. The Labute approximate surface area is 264 Å². The van der Waals surface area contributed by atoms with Crippen molar-refractivity contribution in [1.29, 1.82) is 0 Å². The van der Waals surface area contributed by atoms with Crippen molar-refractivity contribution in [2.75, 3.05) is 16.5 Å². The standard InChI is InChI=1S/C23H23ClN2O6S4.C2H4.Na/c1-2-16(11-23-26(15-36(30,31)32)20-12-18(24)4-5-22(20)34-23)10-17-6-8-25(7-3-9-35(27,28)29)21-14-33-13-19(17)21;1-2;/h4-6,8,10-14H,2-3,7,9,15H2,1H3,(H-,27,28,29,30,31,32);1-2H2;/q;;+1/p-1. The van der Waals surface area contributed by atoms with Gasteiger partial charge in [0.1, 0.15) is 22.5 Å². The van der Waals surface area contributed by atoms with Crippen LogP contribution in [0.25, 0.3) is 17.0 Å². The second-order valence-corrected chi connectivity index (χ2v) is 13.3. The van der Waals surface area contributed by atoms with Crippen molar-refractivity contribution >= 4 is 77.6 Å². The van der Waals surface area contributed by atoms with Crippen LogP contribution in [0.4, 0.5) is 5.69 Å². The van der Waals surface area contributed by atoms with Gasteiger partial charge in [-0.3, -0.25) is 0 Å². The Balaban J connectivity index is 0.00000174. The van der Waals surface area contributed by atoms with Gasteiger partial charge < -0.3 is 14.0 Å². The smallest absolute Gasteiger partial charge is 0.748 e. The van der Waals surface area contributed by atoms with Crippen molar-refractivity contribution < 1.29 is 60.1 Å². The van der Waals surface area contributed by atoms with Crippen molar-refractivity contribution in [3.8, 4) is 0 Å². The Morgan fingerprint density at radius 3 is 2.49 bits per heavy atom. The van der Waals surface area contributed by atoms with Gasteiger partial charge in [-0.05, 0) is 41.8 Å². The number of nitrogens with zero attached hydrogens (tertiary/aromatic N) is 2. The number of thiophene rings is 1. The number of anilines is 1. The minimum atomic E-state index is -4.54. The summed E-state index contributed by atoms with van der Waals surface area (Å²) in [5, 5.41) is 6.01. The van der Waals surface area contributed by atoms with Crippen LogP contribution in [0.5, 0.6) is 0 Å². The van der Waals surface area contributed by atoms with E-state index in [4.69, 9.17) is 11.6 Å². The molecule has 14 heteroatoms. The predicted octanol–water partition coefficient (Wildman–Crippen LogP) is 2.33. The minimum Gasteiger partial charge on any atom is -0.748 e. The fourth-order valence-corrected chi connectivity index (χ4v) is 7.17. The number of pyridine rings is 1. The SMILES string of the molecule is C=C.CCC(=Cc1cc[n+](CCCS(=O)(=O)[O-])c2cscc12)C=C1Sc2ccc(Cl)cc2N1CS(=O)(=O)[O-].[Na+]. The van der Waals surface area contributed by atoms with Gasteiger partial charge in [0.25, 0.3) is 0 Å². The summed E-state index contributed by atoms with van der Waals surface area (Å²) in [5.41, 5.74) is 3.37. The number of aromatic nitrogens is 1. The molecule has 0 saturated carbocycles. The molecule has 0 amide bonds. The van der Waals surface area contributed by atoms with Gasteiger partial charge in [0.15, 0.2) is 6.20 Å². The van der Waals surface area contributed by atoms with Gasteiger partial charge in [0, 0.05) is 33.5 Å². The number of hydrogen-bond acceptors (Lipinski definition) is 9. The predicted molar refractivity (Wildman–Crippen MR) is 153 cm³/mol. The molecule has 0 unspecified atom stereocenters. The van der Waals surface area contributed by atoms with E-state index < -0.39 is 31.9 Å². The minimum absolute atomic E-state index is 0. The van der Waals surface area contributed by atoms with Crippen LogP contribution in [0, 0.1) is 0 Å². The molecule has 0 N–H and O–H groups in total. The molecule has 39 heavy (non-hydrogen) atoms. The maximum absolute atomic E-state index is 11.6. The molecule has 8 nitrogen and oxygen atoms in total. The zero-order valence-electron chi connectivity index (χ0n) is 21.5. The zero-order valence-corrected chi connectivity index (χ0v) is 27.5. The number of benzene rings is 1. The summed E-state index contributed by atoms with van der Waals surface area (Å²) in [6.45, 7) is 8.39. The number of fused-ring (bicyclic) bond motifs is 2. The molecule has 0 spiro atoms. The number of halogens is 1. The molecule has 0 atom stereocenters. The van der Waals surface area contributed by atoms with Gasteiger partial charge in [0.05, 0.1) is 31.6 Å². The van der Waals surface area contributed by atoms with E-state index in [0.717, 1.165) is 26.9 Å². The Bertz CT molecular complexity index is 1600. The number of allylic oxidation sites excluding steroid dienone is 2. The quantitative estimate of drug-likeness (QED) is 0.152. The first kappa shape index (κ1) is 34.0. The second kappa shape index (κ2) is 14.6. The number of aryl methyl sites for hydroxylation is 1. The Hall–Kier alpha value is -1.19. The van der Waals surface area contributed by atoms with Crippen molar-refractivity contribution in [2.45, 2.75) is 31.2 Å². The average Bonchev–Trinajstić information content (AvgIpc) is 3.45. The van der Waals surface area contributed by atoms with E-state index in [0.29, 0.717) is 28.7 Å². The molecule has 3 aromatic rings. The molecule has 204 valence electrons. The van der Waals surface area contributed by atoms with Crippen LogP contribution >= 0.6 is 34.7 Å². The molecule has 0 bridgehead atoms. The number of hydrogen-bond donors (Lipinski definition) is 0. The van der Waals surface area contributed by atoms with E-state index in [2.05, 4.69) is 13.2 Å². The summed E-state index contributed by atoms with van der Waals surface area (Å²) in [4.78, 5) is 2.28. The first-order valence-corrected chi connectivity index (χ1v) is 16.7. The van der Waals surface area contributed by atoms with Crippen molar-refractivity contribution in [2.24, 2.45) is 0 Å². The molecule has 0 saturated heterocycles. The van der Waals surface area contributed by atoms with Crippen molar-refractivity contribution in [1.82, 2.24) is 0 Å². The maximum Gasteiger partial charge on any atom is 1.00 e. The number of rotatable bonds is 9. The number of thioether (sulfide) groups is 1. The summed E-state index contributed by atoms with van der Waals surface area (Å²) in [6.07, 6.45) is 6.62. The van der Waals surface area contributed by atoms with Crippen LogP contribution < -0.4 is 39.0 Å². The van der Waals surface area contributed by atoms with Gasteiger partial charge in [0.2, 0.25) is 5.52 Å². The van der Waals surface area contributed by atoms with E-state index in [1.165, 1.54) is 28.0 Å². The van der Waals surface area contributed by atoms with Crippen LogP contribution in [0.15, 0.2) is 76.0 Å². The normalized spacial score (nSPS) is 14.6. The molecule has 1 aromatic carbocycles. The van der Waals surface area contributed by atoms with Crippen LogP contribution in [0.3, 0.4) is 0 Å². The summed E-state index contributed by atoms with van der Waals surface area (Å²) in [5.74, 6) is -1.11. The summed E-state index contributed by atoms with van der Waals surface area (Å²) < 4.78 is 69.6. The topological polar surface area (TPSA) is 122 Å². The van der Waals surface area contributed by atoms with Crippen LogP contribution in [0.1, 0.15) is 25.3 Å². The van der Waals surface area contributed by atoms with Gasteiger partial charge in [-0.1, -0.05) is 36.4 Å². The summed E-state index contributed by atoms with van der Waals surface area (Å²) in [7, 11) is -8.80. The van der Waals surface area contributed by atoms with E-state index >= 15 is 0 Å². The third-order valence-corrected chi connectivity index (χ3v) is 8.97. The Morgan fingerprint density at radius 1 is 1.13 bits per heavy atom. The van der Waals surface area contributed by atoms with E-state index in [-0.39, 0.29) is 36.0 Å². The average molecular weight is 637 g/mol. The van der Waals surface area contributed by atoms with Crippen molar-refractivity contribution in [3.63, 3.8) is 0 Å². The zero-order chi connectivity index (χ0) is 28.1. The van der Waals surface area contributed by atoms with Crippen molar-refractivity contribution in [3.05, 3.63) is 81.6 Å². The molecule has 2 aromatic heterocycles. The molecule has 1 aliphatic heterocycles. The summed E-state index contributed by atoms with van der Waals surface area (Å²) in [6, 6.07) is 7.08. The van der Waals surface area contributed by atoms with E-state index in [9.17, 15) is 25.9 Å².